The van der Waals surface area contributed by atoms with Crippen LogP contribution in [0.25, 0.3) is 0 Å². The van der Waals surface area contributed by atoms with Crippen molar-refractivity contribution >= 4 is 10.0 Å². The summed E-state index contributed by atoms with van der Waals surface area (Å²) in [5.74, 6) is 0.644. The summed E-state index contributed by atoms with van der Waals surface area (Å²) >= 11 is 0. The Hall–Kier alpha value is -1.11. The number of nitrogens with two attached hydrogens (primary N) is 1. The third-order valence-electron chi connectivity index (χ3n) is 2.28. The molecule has 0 amide bonds. The van der Waals surface area contributed by atoms with Crippen molar-refractivity contribution in [2.24, 2.45) is 5.14 Å². The Labute approximate surface area is 102 Å². The molecule has 3 N–H and O–H groups in total. The van der Waals surface area contributed by atoms with Gasteiger partial charge in [-0.25, -0.2) is 13.6 Å². The second-order valence-electron chi connectivity index (χ2n) is 4.05. The third kappa shape index (κ3) is 3.99. The number of sulfonamides is 1. The van der Waals surface area contributed by atoms with Crippen molar-refractivity contribution in [2.75, 3.05) is 7.11 Å². The summed E-state index contributed by atoms with van der Waals surface area (Å²) in [7, 11) is -2.13. The van der Waals surface area contributed by atoms with Crippen LogP contribution < -0.4 is 15.2 Å². The van der Waals surface area contributed by atoms with E-state index < -0.39 is 10.0 Å². The first-order chi connectivity index (χ1) is 7.84. The van der Waals surface area contributed by atoms with Crippen molar-refractivity contribution in [1.29, 1.82) is 0 Å². The number of hydrogen-bond acceptors (Lipinski definition) is 4. The Morgan fingerprint density at radius 1 is 1.41 bits per heavy atom. The molecule has 0 aliphatic heterocycles. The van der Waals surface area contributed by atoms with Crippen LogP contribution in [0.2, 0.25) is 0 Å². The summed E-state index contributed by atoms with van der Waals surface area (Å²) in [5.41, 5.74) is 0.771. The SMILES string of the molecule is COc1ccc(S(N)(=O)=O)cc1CNC(C)C. The first-order valence-corrected chi connectivity index (χ1v) is 6.82. The molecule has 1 rings (SSSR count). The lowest BCUT2D eigenvalue weighted by Gasteiger charge is -2.12. The molecule has 0 atom stereocenters. The maximum Gasteiger partial charge on any atom is 0.238 e. The fourth-order valence-corrected chi connectivity index (χ4v) is 1.95. The monoisotopic (exact) mass is 258 g/mol. The Kier molecular flexibility index (Phi) is 4.50. The molecule has 0 fully saturated rings. The van der Waals surface area contributed by atoms with Gasteiger partial charge in [0.2, 0.25) is 10.0 Å². The van der Waals surface area contributed by atoms with Crippen LogP contribution in [0.15, 0.2) is 23.1 Å². The van der Waals surface area contributed by atoms with E-state index >= 15 is 0 Å². The highest BCUT2D eigenvalue weighted by atomic mass is 32.2. The van der Waals surface area contributed by atoms with Crippen LogP contribution in [0, 0.1) is 0 Å². The van der Waals surface area contributed by atoms with Gasteiger partial charge in [-0.2, -0.15) is 0 Å². The zero-order valence-corrected chi connectivity index (χ0v) is 11.0. The van der Waals surface area contributed by atoms with Gasteiger partial charge in [-0.1, -0.05) is 13.8 Å². The minimum absolute atomic E-state index is 0.0962. The van der Waals surface area contributed by atoms with Gasteiger partial charge in [0.25, 0.3) is 0 Å². The Morgan fingerprint density at radius 2 is 2.06 bits per heavy atom. The van der Waals surface area contributed by atoms with E-state index in [0.717, 1.165) is 5.56 Å². The van der Waals surface area contributed by atoms with E-state index in [1.165, 1.54) is 12.1 Å². The second kappa shape index (κ2) is 5.48. The molecular weight excluding hydrogens is 240 g/mol. The number of primary sulfonamides is 1. The summed E-state index contributed by atoms with van der Waals surface area (Å²) < 4.78 is 27.6. The van der Waals surface area contributed by atoms with Crippen molar-refractivity contribution in [3.05, 3.63) is 23.8 Å². The zero-order chi connectivity index (χ0) is 13.1. The zero-order valence-electron chi connectivity index (χ0n) is 10.2. The molecule has 0 saturated heterocycles. The average molecular weight is 258 g/mol. The van der Waals surface area contributed by atoms with Crippen LogP contribution in [0.4, 0.5) is 0 Å². The minimum Gasteiger partial charge on any atom is -0.496 e. The minimum atomic E-state index is -3.67. The normalized spacial score (nSPS) is 11.8. The van der Waals surface area contributed by atoms with Gasteiger partial charge in [0.05, 0.1) is 12.0 Å². The highest BCUT2D eigenvalue weighted by molar-refractivity contribution is 7.89. The molecule has 0 aliphatic carbocycles. The maximum absolute atomic E-state index is 11.2. The first kappa shape index (κ1) is 14.0. The van der Waals surface area contributed by atoms with Crippen LogP contribution in [0.5, 0.6) is 5.75 Å². The molecule has 0 unspecified atom stereocenters. The van der Waals surface area contributed by atoms with E-state index in [0.29, 0.717) is 18.3 Å². The van der Waals surface area contributed by atoms with E-state index in [4.69, 9.17) is 9.88 Å². The number of ether oxygens (including phenoxy) is 1. The van der Waals surface area contributed by atoms with Gasteiger partial charge in [0.15, 0.2) is 0 Å². The van der Waals surface area contributed by atoms with Gasteiger partial charge in [0, 0.05) is 18.2 Å². The largest absolute Gasteiger partial charge is 0.496 e. The number of nitrogens with one attached hydrogen (secondary N) is 1. The lowest BCUT2D eigenvalue weighted by Crippen LogP contribution is -2.22. The highest BCUT2D eigenvalue weighted by Crippen LogP contribution is 2.21. The third-order valence-corrected chi connectivity index (χ3v) is 3.19. The molecule has 0 heterocycles. The lowest BCUT2D eigenvalue weighted by molar-refractivity contribution is 0.406. The van der Waals surface area contributed by atoms with Gasteiger partial charge in [0.1, 0.15) is 5.75 Å². The summed E-state index contributed by atoms with van der Waals surface area (Å²) in [4.78, 5) is 0.0962. The van der Waals surface area contributed by atoms with Gasteiger partial charge in [-0.3, -0.25) is 0 Å². The molecule has 0 radical (unpaired) electrons. The topological polar surface area (TPSA) is 81.4 Å². The second-order valence-corrected chi connectivity index (χ2v) is 5.62. The predicted octanol–water partition coefficient (Wildman–Crippen LogP) is 0.841. The van der Waals surface area contributed by atoms with E-state index in [1.54, 1.807) is 13.2 Å². The lowest BCUT2D eigenvalue weighted by atomic mass is 10.2. The van der Waals surface area contributed by atoms with Gasteiger partial charge in [-0.05, 0) is 18.2 Å². The molecule has 0 aromatic heterocycles. The highest BCUT2D eigenvalue weighted by Gasteiger charge is 2.11. The predicted molar refractivity (Wildman–Crippen MR) is 66.3 cm³/mol. The van der Waals surface area contributed by atoms with Crippen LogP contribution in [-0.2, 0) is 16.6 Å². The number of methoxy groups -OCH3 is 1. The molecule has 1 aromatic rings. The molecule has 96 valence electrons. The smallest absolute Gasteiger partial charge is 0.238 e. The number of hydrogen-bond donors (Lipinski definition) is 2. The molecule has 0 spiro atoms. The standard InChI is InChI=1S/C11H18N2O3S/c1-8(2)13-7-9-6-10(17(12,14)15)4-5-11(9)16-3/h4-6,8,13H,7H2,1-3H3,(H2,12,14,15). The molecule has 0 aliphatic rings. The average Bonchev–Trinajstić information content (AvgIpc) is 2.24. The number of rotatable bonds is 5. The summed E-state index contributed by atoms with van der Waals surface area (Å²) in [5, 5.41) is 8.28. The summed E-state index contributed by atoms with van der Waals surface area (Å²) in [6, 6.07) is 4.88. The van der Waals surface area contributed by atoms with Gasteiger partial charge in [-0.15, -0.1) is 0 Å². The molecule has 0 saturated carbocycles. The fraction of sp³-hybridized carbons (Fsp3) is 0.455. The van der Waals surface area contributed by atoms with E-state index in [9.17, 15) is 8.42 Å². The summed E-state index contributed by atoms with van der Waals surface area (Å²) in [6.07, 6.45) is 0. The molecule has 6 heteroatoms. The van der Waals surface area contributed by atoms with Gasteiger partial charge < -0.3 is 10.1 Å². The van der Waals surface area contributed by atoms with Gasteiger partial charge >= 0.3 is 0 Å². The van der Waals surface area contributed by atoms with Crippen molar-refractivity contribution in [2.45, 2.75) is 31.3 Å². The summed E-state index contributed by atoms with van der Waals surface area (Å²) in [6.45, 7) is 4.55. The van der Waals surface area contributed by atoms with Crippen LogP contribution in [0.1, 0.15) is 19.4 Å². The first-order valence-electron chi connectivity index (χ1n) is 5.27. The molecule has 1 aromatic carbocycles. The Bertz CT molecular complexity index is 483. The fourth-order valence-electron chi connectivity index (χ4n) is 1.38. The van der Waals surface area contributed by atoms with Crippen molar-refractivity contribution in [3.8, 4) is 5.75 Å². The molecule has 5 nitrogen and oxygen atoms in total. The van der Waals surface area contributed by atoms with Crippen LogP contribution in [-0.4, -0.2) is 21.6 Å². The Balaban J connectivity index is 3.07. The maximum atomic E-state index is 11.2. The van der Waals surface area contributed by atoms with Crippen LogP contribution in [0.3, 0.4) is 0 Å². The van der Waals surface area contributed by atoms with Crippen LogP contribution >= 0.6 is 0 Å². The van der Waals surface area contributed by atoms with Crippen molar-refractivity contribution in [3.63, 3.8) is 0 Å². The van der Waals surface area contributed by atoms with E-state index in [1.807, 2.05) is 13.8 Å². The number of benzene rings is 1. The molecular formula is C11H18N2O3S. The van der Waals surface area contributed by atoms with Crippen molar-refractivity contribution in [1.82, 2.24) is 5.32 Å². The quantitative estimate of drug-likeness (QED) is 0.820. The molecule has 0 bridgehead atoms. The van der Waals surface area contributed by atoms with Crippen molar-refractivity contribution < 1.29 is 13.2 Å². The Morgan fingerprint density at radius 3 is 2.53 bits per heavy atom. The molecule has 17 heavy (non-hydrogen) atoms. The van der Waals surface area contributed by atoms with E-state index in [2.05, 4.69) is 5.32 Å². The van der Waals surface area contributed by atoms with E-state index in [-0.39, 0.29) is 4.90 Å².